The first-order valence-corrected chi connectivity index (χ1v) is 6.28. The Morgan fingerprint density at radius 2 is 2.35 bits per heavy atom. The van der Waals surface area contributed by atoms with Crippen molar-refractivity contribution in [2.45, 2.75) is 13.5 Å². The third kappa shape index (κ3) is 3.46. The molecular weight excluding hydrogens is 282 g/mol. The quantitative estimate of drug-likeness (QED) is 0.486. The molecule has 0 fully saturated rings. The molecule has 0 bridgehead atoms. The molecule has 8 heteroatoms. The minimum absolute atomic E-state index is 0.154. The summed E-state index contributed by atoms with van der Waals surface area (Å²) in [6, 6.07) is 5.56. The van der Waals surface area contributed by atoms with Crippen molar-refractivity contribution in [1.29, 1.82) is 0 Å². The summed E-state index contributed by atoms with van der Waals surface area (Å²) in [5.74, 6) is 5.12. The lowest BCUT2D eigenvalue weighted by Crippen LogP contribution is -2.30. The fraction of sp³-hybridized carbons (Fsp3) is 0.250. The third-order valence-corrected chi connectivity index (χ3v) is 2.86. The number of aromatic nitrogens is 3. The zero-order chi connectivity index (χ0) is 14.5. The van der Waals surface area contributed by atoms with Crippen LogP contribution in [0.4, 0.5) is 0 Å². The van der Waals surface area contributed by atoms with E-state index in [1.165, 1.54) is 10.9 Å². The number of halogens is 1. The van der Waals surface area contributed by atoms with Gasteiger partial charge in [-0.25, -0.2) is 10.5 Å². The van der Waals surface area contributed by atoms with Gasteiger partial charge in [-0.15, -0.1) is 5.10 Å². The number of nitrogens with one attached hydrogen (secondary N) is 1. The summed E-state index contributed by atoms with van der Waals surface area (Å²) in [6.45, 7) is 2.75. The minimum atomic E-state index is -0.487. The van der Waals surface area contributed by atoms with E-state index in [0.717, 1.165) is 5.56 Å². The van der Waals surface area contributed by atoms with Crippen LogP contribution in [0.5, 0.6) is 5.75 Å². The summed E-state index contributed by atoms with van der Waals surface area (Å²) in [4.78, 5) is 11.2. The number of nitrogens with zero attached hydrogens (tertiary/aromatic N) is 3. The van der Waals surface area contributed by atoms with E-state index in [1.807, 2.05) is 30.5 Å². The van der Waals surface area contributed by atoms with Crippen LogP contribution in [-0.2, 0) is 6.54 Å². The Kier molecular flexibility index (Phi) is 4.54. The Balaban J connectivity index is 1.89. The molecule has 0 aliphatic carbocycles. The predicted molar refractivity (Wildman–Crippen MR) is 73.4 cm³/mol. The number of nitrogens with two attached hydrogens (primary N) is 1. The summed E-state index contributed by atoms with van der Waals surface area (Å²) in [5.41, 5.74) is 3.21. The van der Waals surface area contributed by atoms with Crippen LogP contribution >= 0.6 is 11.6 Å². The van der Waals surface area contributed by atoms with Crippen molar-refractivity contribution in [3.63, 3.8) is 0 Å². The van der Waals surface area contributed by atoms with Gasteiger partial charge in [0, 0.05) is 0 Å². The molecule has 0 saturated carbocycles. The molecular formula is C12H14ClN5O2. The summed E-state index contributed by atoms with van der Waals surface area (Å²) in [7, 11) is 0. The van der Waals surface area contributed by atoms with E-state index in [0.29, 0.717) is 23.9 Å². The van der Waals surface area contributed by atoms with Gasteiger partial charge in [0.1, 0.15) is 12.4 Å². The number of amides is 1. The molecule has 0 saturated heterocycles. The van der Waals surface area contributed by atoms with E-state index in [2.05, 4.69) is 10.3 Å². The number of benzene rings is 1. The second kappa shape index (κ2) is 6.36. The number of ether oxygens (including phenoxy) is 1. The maximum Gasteiger partial charge on any atom is 0.287 e. The van der Waals surface area contributed by atoms with Crippen LogP contribution in [-0.4, -0.2) is 27.5 Å². The van der Waals surface area contributed by atoms with Crippen LogP contribution < -0.4 is 16.0 Å². The van der Waals surface area contributed by atoms with Crippen molar-refractivity contribution in [1.82, 2.24) is 20.4 Å². The molecule has 0 unspecified atom stereocenters. The van der Waals surface area contributed by atoms with Crippen molar-refractivity contribution in [3.05, 3.63) is 40.7 Å². The van der Waals surface area contributed by atoms with Crippen molar-refractivity contribution < 1.29 is 9.53 Å². The largest absolute Gasteiger partial charge is 0.490 e. The van der Waals surface area contributed by atoms with Gasteiger partial charge in [0.05, 0.1) is 17.8 Å². The monoisotopic (exact) mass is 295 g/mol. The number of aryl methyl sites for hydroxylation is 1. The van der Waals surface area contributed by atoms with Crippen molar-refractivity contribution >= 4 is 17.5 Å². The van der Waals surface area contributed by atoms with E-state index < -0.39 is 5.91 Å². The summed E-state index contributed by atoms with van der Waals surface area (Å²) in [6.07, 6.45) is 1.49. The van der Waals surface area contributed by atoms with E-state index in [4.69, 9.17) is 22.2 Å². The molecule has 1 aromatic heterocycles. The molecule has 0 atom stereocenters. The highest BCUT2D eigenvalue weighted by molar-refractivity contribution is 6.32. The zero-order valence-corrected chi connectivity index (χ0v) is 11.6. The van der Waals surface area contributed by atoms with Gasteiger partial charge in [-0.3, -0.25) is 10.2 Å². The van der Waals surface area contributed by atoms with Gasteiger partial charge < -0.3 is 4.74 Å². The van der Waals surface area contributed by atoms with Crippen LogP contribution in [0.25, 0.3) is 0 Å². The molecule has 1 heterocycles. The van der Waals surface area contributed by atoms with Gasteiger partial charge in [-0.2, -0.15) is 0 Å². The molecule has 1 aromatic carbocycles. The molecule has 3 N–H and O–H groups in total. The number of hydrogen-bond donors (Lipinski definition) is 2. The average Bonchev–Trinajstić information content (AvgIpc) is 2.89. The Labute approximate surface area is 120 Å². The third-order valence-electron chi connectivity index (χ3n) is 2.57. The fourth-order valence-corrected chi connectivity index (χ4v) is 1.85. The molecule has 0 aliphatic rings. The smallest absolute Gasteiger partial charge is 0.287 e. The SMILES string of the molecule is Cc1ccc(OCCn2cc(C(=O)NN)nn2)c(Cl)c1. The molecule has 106 valence electrons. The molecule has 1 amide bonds. The number of nitrogen functional groups attached to an aromatic ring is 1. The first-order chi connectivity index (χ1) is 9.60. The van der Waals surface area contributed by atoms with E-state index in [-0.39, 0.29) is 5.69 Å². The zero-order valence-electron chi connectivity index (χ0n) is 10.8. The topological polar surface area (TPSA) is 95.1 Å². The van der Waals surface area contributed by atoms with Gasteiger partial charge in [-0.05, 0) is 24.6 Å². The number of hydrazine groups is 1. The standard InChI is InChI=1S/C12H14ClN5O2/c1-8-2-3-11(9(13)6-8)20-5-4-18-7-10(16-17-18)12(19)15-14/h2-3,6-7H,4-5,14H2,1H3,(H,15,19). The Morgan fingerprint density at radius 1 is 1.55 bits per heavy atom. The number of hydrogen-bond acceptors (Lipinski definition) is 5. The number of rotatable bonds is 5. The van der Waals surface area contributed by atoms with Crippen LogP contribution in [0, 0.1) is 6.92 Å². The maximum absolute atomic E-state index is 11.2. The van der Waals surface area contributed by atoms with Crippen LogP contribution in [0.3, 0.4) is 0 Å². The molecule has 0 spiro atoms. The van der Waals surface area contributed by atoms with Crippen molar-refractivity contribution in [3.8, 4) is 5.75 Å². The lowest BCUT2D eigenvalue weighted by atomic mass is 10.2. The number of carbonyl (C=O) groups excluding carboxylic acids is 1. The van der Waals surface area contributed by atoms with Crippen LogP contribution in [0.2, 0.25) is 5.02 Å². The maximum atomic E-state index is 11.2. The molecule has 0 radical (unpaired) electrons. The highest BCUT2D eigenvalue weighted by Crippen LogP contribution is 2.24. The summed E-state index contributed by atoms with van der Waals surface area (Å²) >= 11 is 6.05. The molecule has 20 heavy (non-hydrogen) atoms. The van der Waals surface area contributed by atoms with Crippen LogP contribution in [0.1, 0.15) is 16.1 Å². The number of carbonyl (C=O) groups is 1. The first-order valence-electron chi connectivity index (χ1n) is 5.90. The van der Waals surface area contributed by atoms with Crippen molar-refractivity contribution in [2.24, 2.45) is 5.84 Å². The molecule has 7 nitrogen and oxygen atoms in total. The highest BCUT2D eigenvalue weighted by atomic mass is 35.5. The van der Waals surface area contributed by atoms with Gasteiger partial charge in [-0.1, -0.05) is 22.9 Å². The van der Waals surface area contributed by atoms with E-state index >= 15 is 0 Å². The first kappa shape index (κ1) is 14.3. The molecule has 2 rings (SSSR count). The second-order valence-corrected chi connectivity index (χ2v) is 4.53. The second-order valence-electron chi connectivity index (χ2n) is 4.12. The fourth-order valence-electron chi connectivity index (χ4n) is 1.56. The Hall–Kier alpha value is -2.12. The van der Waals surface area contributed by atoms with Crippen molar-refractivity contribution in [2.75, 3.05) is 6.61 Å². The van der Waals surface area contributed by atoms with E-state index in [9.17, 15) is 4.79 Å². The lowest BCUT2D eigenvalue weighted by molar-refractivity contribution is 0.0948. The van der Waals surface area contributed by atoms with Gasteiger partial charge in [0.15, 0.2) is 5.69 Å². The van der Waals surface area contributed by atoms with Gasteiger partial charge in [0.2, 0.25) is 0 Å². The Morgan fingerprint density at radius 3 is 3.05 bits per heavy atom. The average molecular weight is 296 g/mol. The van der Waals surface area contributed by atoms with E-state index in [1.54, 1.807) is 0 Å². The lowest BCUT2D eigenvalue weighted by Gasteiger charge is -2.08. The normalized spacial score (nSPS) is 10.3. The molecule has 0 aliphatic heterocycles. The van der Waals surface area contributed by atoms with Crippen LogP contribution in [0.15, 0.2) is 24.4 Å². The summed E-state index contributed by atoms with van der Waals surface area (Å²) < 4.78 is 7.04. The highest BCUT2D eigenvalue weighted by Gasteiger charge is 2.08. The Bertz CT molecular complexity index is 614. The minimum Gasteiger partial charge on any atom is -0.490 e. The summed E-state index contributed by atoms with van der Waals surface area (Å²) in [5, 5.41) is 8.03. The van der Waals surface area contributed by atoms with Gasteiger partial charge in [0.25, 0.3) is 5.91 Å². The van der Waals surface area contributed by atoms with Gasteiger partial charge >= 0.3 is 0 Å². The molecule has 2 aromatic rings. The predicted octanol–water partition coefficient (Wildman–Crippen LogP) is 0.922.